The summed E-state index contributed by atoms with van der Waals surface area (Å²) < 4.78 is 3.77. The molecule has 0 fully saturated rings. The first-order chi connectivity index (χ1) is 10.3. The zero-order chi connectivity index (χ0) is 14.7. The summed E-state index contributed by atoms with van der Waals surface area (Å²) in [5.74, 6) is 0. The van der Waals surface area contributed by atoms with Crippen LogP contribution in [0.1, 0.15) is 10.7 Å². The van der Waals surface area contributed by atoms with Gasteiger partial charge in [0.2, 0.25) is 0 Å². The summed E-state index contributed by atoms with van der Waals surface area (Å²) in [5.41, 5.74) is 2.94. The molecule has 21 heavy (non-hydrogen) atoms. The number of nitrogens with zero attached hydrogens (tertiary/aromatic N) is 4. The second-order valence-corrected chi connectivity index (χ2v) is 5.95. The fraction of sp³-hybridized carbons (Fsp3) is 0. The lowest BCUT2D eigenvalue weighted by atomic mass is 10.2. The second-order valence-electron chi connectivity index (χ2n) is 4.04. The van der Waals surface area contributed by atoms with Crippen LogP contribution in [0.5, 0.6) is 0 Å². The van der Waals surface area contributed by atoms with E-state index in [4.69, 9.17) is 11.6 Å². The van der Waals surface area contributed by atoms with Crippen molar-refractivity contribution in [1.29, 1.82) is 5.26 Å². The molecule has 0 aliphatic carbocycles. The van der Waals surface area contributed by atoms with E-state index in [1.807, 2.05) is 29.6 Å². The molecule has 7 heteroatoms. The summed E-state index contributed by atoms with van der Waals surface area (Å²) in [7, 11) is 0. The predicted molar refractivity (Wildman–Crippen MR) is 86.0 cm³/mol. The van der Waals surface area contributed by atoms with Crippen LogP contribution >= 0.6 is 34.5 Å². The van der Waals surface area contributed by atoms with Crippen LogP contribution in [0.25, 0.3) is 22.9 Å². The first-order valence-electron chi connectivity index (χ1n) is 5.87. The van der Waals surface area contributed by atoms with Crippen molar-refractivity contribution in [2.24, 2.45) is 0 Å². The van der Waals surface area contributed by atoms with Crippen molar-refractivity contribution >= 4 is 46.1 Å². The number of aromatic nitrogens is 3. The maximum Gasteiger partial charge on any atom is 0.134 e. The predicted octanol–water partition coefficient (Wildman–Crippen LogP) is 4.38. The Hall–Kier alpha value is -2.07. The molecule has 2 aromatic heterocycles. The van der Waals surface area contributed by atoms with Gasteiger partial charge in [-0.05, 0) is 29.7 Å². The fourth-order valence-electron chi connectivity index (χ4n) is 1.68. The van der Waals surface area contributed by atoms with E-state index in [-0.39, 0.29) is 0 Å². The van der Waals surface area contributed by atoms with E-state index >= 15 is 0 Å². The zero-order valence-corrected chi connectivity index (χ0v) is 12.9. The molecule has 0 aliphatic rings. The Kier molecular flexibility index (Phi) is 4.06. The van der Waals surface area contributed by atoms with Gasteiger partial charge in [-0.2, -0.15) is 5.26 Å². The number of rotatable bonds is 3. The molecular formula is C14H7ClN4S2. The first kappa shape index (κ1) is 13.9. The van der Waals surface area contributed by atoms with Crippen LogP contribution in [0.2, 0.25) is 5.02 Å². The highest BCUT2D eigenvalue weighted by Crippen LogP contribution is 2.27. The molecule has 0 aliphatic heterocycles. The van der Waals surface area contributed by atoms with Crippen molar-refractivity contribution < 1.29 is 0 Å². The summed E-state index contributed by atoms with van der Waals surface area (Å²) in [6, 6.07) is 9.60. The average Bonchev–Trinajstić information content (AvgIpc) is 3.17. The topological polar surface area (TPSA) is 62.5 Å². The summed E-state index contributed by atoms with van der Waals surface area (Å²) in [6.45, 7) is 0. The van der Waals surface area contributed by atoms with E-state index in [0.29, 0.717) is 21.3 Å². The lowest BCUT2D eigenvalue weighted by molar-refractivity contribution is 1.14. The van der Waals surface area contributed by atoms with Crippen molar-refractivity contribution in [3.8, 4) is 17.3 Å². The van der Waals surface area contributed by atoms with E-state index in [2.05, 4.69) is 20.6 Å². The summed E-state index contributed by atoms with van der Waals surface area (Å²) >= 11 is 8.54. The van der Waals surface area contributed by atoms with E-state index in [9.17, 15) is 5.26 Å². The van der Waals surface area contributed by atoms with Gasteiger partial charge in [0.1, 0.15) is 11.1 Å². The third-order valence-corrected chi connectivity index (χ3v) is 4.31. The van der Waals surface area contributed by atoms with Crippen LogP contribution < -0.4 is 0 Å². The molecule has 3 rings (SSSR count). The van der Waals surface area contributed by atoms with E-state index < -0.39 is 0 Å². The Balaban J connectivity index is 1.94. The average molecular weight is 331 g/mol. The molecule has 0 bridgehead atoms. The lowest BCUT2D eigenvalue weighted by Crippen LogP contribution is -1.83. The van der Waals surface area contributed by atoms with Gasteiger partial charge in [-0.25, -0.2) is 4.98 Å². The normalized spacial score (nSPS) is 11.3. The Morgan fingerprint density at radius 1 is 1.24 bits per heavy atom. The first-order valence-corrected chi connectivity index (χ1v) is 7.96. The van der Waals surface area contributed by atoms with E-state index in [1.165, 1.54) is 22.9 Å². The summed E-state index contributed by atoms with van der Waals surface area (Å²) in [5, 5.41) is 18.2. The molecule has 0 spiro atoms. The van der Waals surface area contributed by atoms with Crippen LogP contribution in [-0.4, -0.2) is 14.6 Å². The van der Waals surface area contributed by atoms with Gasteiger partial charge in [0.05, 0.1) is 17.0 Å². The van der Waals surface area contributed by atoms with Crippen molar-refractivity contribution in [2.75, 3.05) is 0 Å². The molecule has 0 saturated carbocycles. The minimum atomic E-state index is 0.480. The van der Waals surface area contributed by atoms with Crippen LogP contribution in [-0.2, 0) is 0 Å². The number of benzene rings is 1. The quantitative estimate of drug-likeness (QED) is 0.668. The Morgan fingerprint density at radius 2 is 2.05 bits per heavy atom. The molecule has 3 aromatic rings. The number of allylic oxidation sites excluding steroid dienone is 1. The van der Waals surface area contributed by atoms with Gasteiger partial charge in [0.15, 0.2) is 0 Å². The molecule has 0 unspecified atom stereocenters. The van der Waals surface area contributed by atoms with E-state index in [1.54, 1.807) is 11.5 Å². The van der Waals surface area contributed by atoms with Gasteiger partial charge in [-0.15, -0.1) is 16.4 Å². The fourth-order valence-corrected chi connectivity index (χ4v) is 3.01. The largest absolute Gasteiger partial charge is 0.235 e. The monoisotopic (exact) mass is 330 g/mol. The van der Waals surface area contributed by atoms with Crippen LogP contribution in [0.4, 0.5) is 0 Å². The second kappa shape index (κ2) is 6.14. The van der Waals surface area contributed by atoms with Crippen LogP contribution in [0, 0.1) is 11.3 Å². The molecule has 0 radical (unpaired) electrons. The number of nitriles is 1. The lowest BCUT2D eigenvalue weighted by Gasteiger charge is -1.96. The molecular weight excluding hydrogens is 324 g/mol. The van der Waals surface area contributed by atoms with Gasteiger partial charge >= 0.3 is 0 Å². The van der Waals surface area contributed by atoms with Crippen LogP contribution in [0.15, 0.2) is 35.0 Å². The number of halogens is 1. The van der Waals surface area contributed by atoms with Gasteiger partial charge in [-0.1, -0.05) is 28.2 Å². The molecule has 1 aromatic carbocycles. The molecule has 102 valence electrons. The SMILES string of the molecule is N#C/C(=C/c1csnn1)c1nc(-c2ccc(Cl)cc2)cs1. The molecule has 0 atom stereocenters. The highest BCUT2D eigenvalue weighted by atomic mass is 35.5. The standard InChI is InChI=1S/C14H7ClN4S2/c15-11-3-1-9(2-4-11)13-8-20-14(17-13)10(6-16)5-12-7-21-19-18-12/h1-5,7-8H/b10-5-. The van der Waals surface area contributed by atoms with Crippen molar-refractivity contribution in [3.63, 3.8) is 0 Å². The van der Waals surface area contributed by atoms with Crippen molar-refractivity contribution in [1.82, 2.24) is 14.6 Å². The molecule has 0 N–H and O–H groups in total. The van der Waals surface area contributed by atoms with Crippen molar-refractivity contribution in [3.05, 3.63) is 50.7 Å². The number of thiazole rings is 1. The number of hydrogen-bond acceptors (Lipinski definition) is 6. The minimum absolute atomic E-state index is 0.480. The molecule has 0 saturated heterocycles. The van der Waals surface area contributed by atoms with Gasteiger partial charge in [0, 0.05) is 21.3 Å². The summed E-state index contributed by atoms with van der Waals surface area (Å²) in [4.78, 5) is 4.50. The van der Waals surface area contributed by atoms with Gasteiger partial charge in [-0.3, -0.25) is 0 Å². The van der Waals surface area contributed by atoms with E-state index in [0.717, 1.165) is 11.3 Å². The summed E-state index contributed by atoms with van der Waals surface area (Å²) in [6.07, 6.45) is 1.69. The maximum atomic E-state index is 9.28. The molecule has 4 nitrogen and oxygen atoms in total. The molecule has 0 amide bonds. The van der Waals surface area contributed by atoms with Crippen molar-refractivity contribution in [2.45, 2.75) is 0 Å². The third kappa shape index (κ3) is 3.16. The Bertz CT molecular complexity index is 814. The molecule has 2 heterocycles. The third-order valence-electron chi connectivity index (χ3n) is 2.66. The minimum Gasteiger partial charge on any atom is -0.235 e. The highest BCUT2D eigenvalue weighted by molar-refractivity contribution is 7.11. The zero-order valence-electron chi connectivity index (χ0n) is 10.5. The number of hydrogen-bond donors (Lipinski definition) is 0. The smallest absolute Gasteiger partial charge is 0.134 e. The Labute approximate surface area is 134 Å². The van der Waals surface area contributed by atoms with Crippen LogP contribution in [0.3, 0.4) is 0 Å². The van der Waals surface area contributed by atoms with Gasteiger partial charge < -0.3 is 0 Å². The maximum absolute atomic E-state index is 9.28. The Morgan fingerprint density at radius 3 is 2.71 bits per heavy atom. The highest BCUT2D eigenvalue weighted by Gasteiger charge is 2.09. The van der Waals surface area contributed by atoms with Gasteiger partial charge in [0.25, 0.3) is 0 Å².